The van der Waals surface area contributed by atoms with Gasteiger partial charge in [-0.2, -0.15) is 0 Å². The van der Waals surface area contributed by atoms with Gasteiger partial charge in [0, 0.05) is 24.3 Å². The standard InChI is InChI=1S/C20H29NO3/c1-6-20(2,3)15-7-9-18(22)14(11-15)13-21-17-12-16(23-4)8-10-19(17)24-5/h8,10,12-13,15,21H,6-7,9,11H2,1-5H3/b14-13+/t15-/m0/s1. The van der Waals surface area contributed by atoms with E-state index in [0.29, 0.717) is 12.3 Å². The number of carbonyl (C=O) groups is 1. The molecule has 1 aliphatic carbocycles. The Bertz CT molecular complexity index is 619. The number of hydrogen-bond acceptors (Lipinski definition) is 4. The van der Waals surface area contributed by atoms with Crippen molar-refractivity contribution in [3.63, 3.8) is 0 Å². The van der Waals surface area contributed by atoms with E-state index in [1.807, 2.05) is 24.4 Å². The number of rotatable bonds is 6. The summed E-state index contributed by atoms with van der Waals surface area (Å²) in [4.78, 5) is 12.3. The third-order valence-electron chi connectivity index (χ3n) is 5.37. The van der Waals surface area contributed by atoms with E-state index >= 15 is 0 Å². The molecule has 0 aromatic heterocycles. The lowest BCUT2D eigenvalue weighted by atomic mass is 9.68. The Balaban J connectivity index is 2.19. The Morgan fingerprint density at radius 1 is 1.29 bits per heavy atom. The first-order valence-electron chi connectivity index (χ1n) is 8.62. The molecule has 1 fully saturated rings. The number of nitrogens with one attached hydrogen (secondary N) is 1. The highest BCUT2D eigenvalue weighted by atomic mass is 16.5. The maximum Gasteiger partial charge on any atom is 0.160 e. The molecule has 1 atom stereocenters. The average molecular weight is 331 g/mol. The molecule has 4 nitrogen and oxygen atoms in total. The van der Waals surface area contributed by atoms with Crippen LogP contribution in [0.3, 0.4) is 0 Å². The van der Waals surface area contributed by atoms with E-state index in [-0.39, 0.29) is 11.2 Å². The van der Waals surface area contributed by atoms with Crippen LogP contribution in [-0.2, 0) is 4.79 Å². The van der Waals surface area contributed by atoms with Crippen LogP contribution in [-0.4, -0.2) is 20.0 Å². The number of anilines is 1. The predicted octanol–water partition coefficient (Wildman–Crippen LogP) is 4.81. The van der Waals surface area contributed by atoms with Crippen molar-refractivity contribution < 1.29 is 14.3 Å². The van der Waals surface area contributed by atoms with Crippen LogP contribution in [0.25, 0.3) is 0 Å². The van der Waals surface area contributed by atoms with Gasteiger partial charge in [-0.05, 0) is 36.3 Å². The van der Waals surface area contributed by atoms with E-state index in [0.717, 1.165) is 42.0 Å². The quantitative estimate of drug-likeness (QED) is 0.760. The van der Waals surface area contributed by atoms with Crippen LogP contribution in [0, 0.1) is 11.3 Å². The molecule has 1 N–H and O–H groups in total. The number of benzene rings is 1. The predicted molar refractivity (Wildman–Crippen MR) is 97.7 cm³/mol. The topological polar surface area (TPSA) is 47.6 Å². The van der Waals surface area contributed by atoms with Crippen molar-refractivity contribution >= 4 is 11.5 Å². The Labute approximate surface area is 145 Å². The number of methoxy groups -OCH3 is 2. The van der Waals surface area contributed by atoms with Gasteiger partial charge < -0.3 is 14.8 Å². The largest absolute Gasteiger partial charge is 0.497 e. The number of ketones is 1. The molecule has 1 aromatic carbocycles. The zero-order valence-electron chi connectivity index (χ0n) is 15.4. The Hall–Kier alpha value is -1.97. The second kappa shape index (κ2) is 7.73. The van der Waals surface area contributed by atoms with Crippen molar-refractivity contribution in [2.45, 2.75) is 46.5 Å². The zero-order valence-corrected chi connectivity index (χ0v) is 15.4. The molecule has 0 heterocycles. The summed E-state index contributed by atoms with van der Waals surface area (Å²) in [7, 11) is 3.26. The third kappa shape index (κ3) is 4.11. The number of hydrogen-bond donors (Lipinski definition) is 1. The fourth-order valence-corrected chi connectivity index (χ4v) is 3.13. The highest BCUT2D eigenvalue weighted by Crippen LogP contribution is 2.41. The summed E-state index contributed by atoms with van der Waals surface area (Å²) in [5, 5.41) is 3.24. The Morgan fingerprint density at radius 2 is 2.04 bits per heavy atom. The minimum absolute atomic E-state index is 0.243. The van der Waals surface area contributed by atoms with E-state index in [2.05, 4.69) is 26.1 Å². The molecule has 0 radical (unpaired) electrons. The fraction of sp³-hybridized carbons (Fsp3) is 0.550. The van der Waals surface area contributed by atoms with Gasteiger partial charge in [-0.3, -0.25) is 4.79 Å². The van der Waals surface area contributed by atoms with E-state index < -0.39 is 0 Å². The van der Waals surface area contributed by atoms with Crippen molar-refractivity contribution in [1.29, 1.82) is 0 Å². The maximum atomic E-state index is 12.3. The molecular formula is C20H29NO3. The highest BCUT2D eigenvalue weighted by Gasteiger charge is 2.33. The number of allylic oxidation sites excluding steroid dienone is 1. The van der Waals surface area contributed by atoms with Crippen molar-refractivity contribution in [2.24, 2.45) is 11.3 Å². The molecule has 1 aromatic rings. The van der Waals surface area contributed by atoms with Crippen LogP contribution >= 0.6 is 0 Å². The SMILES string of the molecule is CCC(C)(C)[C@H]1CCC(=O)/C(=C/Nc2cc(OC)ccc2OC)C1. The van der Waals surface area contributed by atoms with Gasteiger partial charge in [0.2, 0.25) is 0 Å². The van der Waals surface area contributed by atoms with E-state index in [4.69, 9.17) is 9.47 Å². The maximum absolute atomic E-state index is 12.3. The molecule has 0 spiro atoms. The minimum Gasteiger partial charge on any atom is -0.497 e. The van der Waals surface area contributed by atoms with Gasteiger partial charge >= 0.3 is 0 Å². The summed E-state index contributed by atoms with van der Waals surface area (Å²) in [6, 6.07) is 5.57. The number of Topliss-reactive ketones (excluding diaryl/α,β-unsaturated/α-hetero) is 1. The Morgan fingerprint density at radius 3 is 2.67 bits per heavy atom. The fourth-order valence-electron chi connectivity index (χ4n) is 3.13. The Kier molecular flexibility index (Phi) is 5.92. The normalized spacial score (nSPS) is 20.1. The van der Waals surface area contributed by atoms with Gasteiger partial charge in [-0.25, -0.2) is 0 Å². The lowest BCUT2D eigenvalue weighted by molar-refractivity contribution is -0.117. The lowest BCUT2D eigenvalue weighted by Crippen LogP contribution is -2.29. The second-order valence-corrected chi connectivity index (χ2v) is 7.09. The zero-order chi connectivity index (χ0) is 17.7. The summed E-state index contributed by atoms with van der Waals surface area (Å²) in [6.07, 6.45) is 5.42. The highest BCUT2D eigenvalue weighted by molar-refractivity contribution is 5.96. The number of ether oxygens (including phenoxy) is 2. The first kappa shape index (κ1) is 18.4. The molecule has 1 saturated carbocycles. The summed E-state index contributed by atoms with van der Waals surface area (Å²) >= 11 is 0. The van der Waals surface area contributed by atoms with Crippen molar-refractivity contribution in [2.75, 3.05) is 19.5 Å². The first-order valence-corrected chi connectivity index (χ1v) is 8.62. The molecule has 0 saturated heterocycles. The van der Waals surface area contributed by atoms with Crippen molar-refractivity contribution in [3.05, 3.63) is 30.0 Å². The van der Waals surface area contributed by atoms with Gasteiger partial charge in [-0.1, -0.05) is 27.2 Å². The molecule has 4 heteroatoms. The van der Waals surface area contributed by atoms with Gasteiger partial charge in [-0.15, -0.1) is 0 Å². The van der Waals surface area contributed by atoms with Gasteiger partial charge in [0.15, 0.2) is 5.78 Å². The molecular weight excluding hydrogens is 302 g/mol. The van der Waals surface area contributed by atoms with Crippen LogP contribution in [0.1, 0.15) is 46.5 Å². The summed E-state index contributed by atoms with van der Waals surface area (Å²) in [6.45, 7) is 6.81. The third-order valence-corrected chi connectivity index (χ3v) is 5.37. The van der Waals surface area contributed by atoms with Crippen molar-refractivity contribution in [1.82, 2.24) is 0 Å². The van der Waals surface area contributed by atoms with Crippen molar-refractivity contribution in [3.8, 4) is 11.5 Å². The summed E-state index contributed by atoms with van der Waals surface area (Å²) < 4.78 is 10.6. The van der Waals surface area contributed by atoms with Gasteiger partial charge in [0.05, 0.1) is 19.9 Å². The first-order chi connectivity index (χ1) is 11.4. The van der Waals surface area contributed by atoms with E-state index in [1.54, 1.807) is 14.2 Å². The molecule has 0 unspecified atom stereocenters. The van der Waals surface area contributed by atoms with Gasteiger partial charge in [0.25, 0.3) is 0 Å². The summed E-state index contributed by atoms with van der Waals surface area (Å²) in [5.41, 5.74) is 1.93. The van der Waals surface area contributed by atoms with Crippen LogP contribution in [0.2, 0.25) is 0 Å². The minimum atomic E-state index is 0.243. The van der Waals surface area contributed by atoms with E-state index in [9.17, 15) is 4.79 Å². The number of carbonyl (C=O) groups excluding carboxylic acids is 1. The summed E-state index contributed by atoms with van der Waals surface area (Å²) in [5.74, 6) is 2.26. The van der Waals surface area contributed by atoms with Crippen LogP contribution in [0.5, 0.6) is 11.5 Å². The van der Waals surface area contributed by atoms with Crippen LogP contribution in [0.4, 0.5) is 5.69 Å². The molecule has 0 amide bonds. The molecule has 0 bridgehead atoms. The molecule has 2 rings (SSSR count). The second-order valence-electron chi connectivity index (χ2n) is 7.09. The monoisotopic (exact) mass is 331 g/mol. The van der Waals surface area contributed by atoms with Crippen LogP contribution < -0.4 is 14.8 Å². The smallest absolute Gasteiger partial charge is 0.160 e. The molecule has 24 heavy (non-hydrogen) atoms. The molecule has 0 aliphatic heterocycles. The van der Waals surface area contributed by atoms with Crippen LogP contribution in [0.15, 0.2) is 30.0 Å². The molecule has 132 valence electrons. The average Bonchev–Trinajstić information content (AvgIpc) is 2.60. The lowest BCUT2D eigenvalue weighted by Gasteiger charge is -2.36. The van der Waals surface area contributed by atoms with E-state index in [1.165, 1.54) is 0 Å². The molecule has 1 aliphatic rings. The van der Waals surface area contributed by atoms with Gasteiger partial charge in [0.1, 0.15) is 11.5 Å².